The topological polar surface area (TPSA) is 108 Å². The summed E-state index contributed by atoms with van der Waals surface area (Å²) in [7, 11) is 1.13. The second-order valence-electron chi connectivity index (χ2n) is 7.61. The number of nitrogens with zero attached hydrogens (tertiary/aromatic N) is 1. The van der Waals surface area contributed by atoms with Crippen molar-refractivity contribution in [3.63, 3.8) is 0 Å². The summed E-state index contributed by atoms with van der Waals surface area (Å²) in [4.78, 5) is 37.6. The summed E-state index contributed by atoms with van der Waals surface area (Å²) < 4.78 is 44.3. The normalized spacial score (nSPS) is 17.9. The van der Waals surface area contributed by atoms with Crippen molar-refractivity contribution in [1.82, 2.24) is 5.32 Å². The Balaban J connectivity index is 1.89. The van der Waals surface area contributed by atoms with Gasteiger partial charge in [0.2, 0.25) is 11.8 Å². The van der Waals surface area contributed by atoms with Crippen molar-refractivity contribution in [2.45, 2.75) is 19.0 Å². The number of esters is 1. The first-order chi connectivity index (χ1) is 16.6. The highest BCUT2D eigenvalue weighted by Crippen LogP contribution is 2.40. The largest absolute Gasteiger partial charge is 0.468 e. The fraction of sp³-hybridized carbons (Fsp3) is 0.250. The maximum absolute atomic E-state index is 13.2. The fourth-order valence-corrected chi connectivity index (χ4v) is 4.47. The summed E-state index contributed by atoms with van der Waals surface area (Å²) in [6.45, 7) is 1.85. The standard InChI is InChI=1S/C24H20F3N3O4S/c1-13-7-9-14(10-8-13)19-15(11-28)22(30-21(32)20(19)23(33)34-2)35-12-18(31)29-17-6-4-3-5-16(17)24(25,26)27/h3-10,19-20H,12H2,1-2H3,(H,29,31)(H,30,32). The van der Waals surface area contributed by atoms with Crippen molar-refractivity contribution in [2.24, 2.45) is 5.92 Å². The van der Waals surface area contributed by atoms with Crippen LogP contribution in [0, 0.1) is 24.2 Å². The molecule has 0 bridgehead atoms. The molecule has 0 spiro atoms. The SMILES string of the molecule is COC(=O)C1C(=O)NC(SCC(=O)Nc2ccccc2C(F)(F)F)=C(C#N)C1c1ccc(C)cc1. The molecule has 2 amide bonds. The number of carbonyl (C=O) groups is 3. The Labute approximate surface area is 203 Å². The molecule has 182 valence electrons. The maximum Gasteiger partial charge on any atom is 0.418 e. The highest BCUT2D eigenvalue weighted by molar-refractivity contribution is 8.03. The van der Waals surface area contributed by atoms with E-state index in [9.17, 15) is 32.8 Å². The number of thioether (sulfide) groups is 1. The molecule has 11 heteroatoms. The number of aryl methyl sites for hydroxylation is 1. The molecule has 2 aromatic carbocycles. The molecule has 1 aliphatic heterocycles. The van der Waals surface area contributed by atoms with Gasteiger partial charge >= 0.3 is 12.1 Å². The van der Waals surface area contributed by atoms with Crippen LogP contribution in [-0.2, 0) is 25.3 Å². The summed E-state index contributed by atoms with van der Waals surface area (Å²) in [5.74, 6) is -4.99. The minimum atomic E-state index is -4.66. The van der Waals surface area contributed by atoms with E-state index >= 15 is 0 Å². The number of ether oxygens (including phenoxy) is 1. The van der Waals surface area contributed by atoms with Gasteiger partial charge in [-0.3, -0.25) is 14.4 Å². The van der Waals surface area contributed by atoms with E-state index in [1.54, 1.807) is 24.3 Å². The lowest BCUT2D eigenvalue weighted by Gasteiger charge is -2.31. The second-order valence-corrected chi connectivity index (χ2v) is 8.60. The van der Waals surface area contributed by atoms with Gasteiger partial charge in [0, 0.05) is 5.92 Å². The molecular weight excluding hydrogens is 483 g/mol. The Morgan fingerprint density at radius 2 is 1.83 bits per heavy atom. The molecule has 0 fully saturated rings. The first-order valence-corrected chi connectivity index (χ1v) is 11.2. The molecule has 0 saturated heterocycles. The third-order valence-electron chi connectivity index (χ3n) is 5.27. The van der Waals surface area contributed by atoms with Crippen molar-refractivity contribution >= 4 is 35.2 Å². The molecule has 2 atom stereocenters. The third kappa shape index (κ3) is 5.84. The van der Waals surface area contributed by atoms with Gasteiger partial charge in [0.05, 0.1) is 40.8 Å². The molecule has 2 unspecified atom stereocenters. The monoisotopic (exact) mass is 503 g/mol. The number of allylic oxidation sites excluding steroid dienone is 1. The number of rotatable bonds is 6. The minimum Gasteiger partial charge on any atom is -0.468 e. The number of hydrogen-bond donors (Lipinski definition) is 2. The summed E-state index contributed by atoms with van der Waals surface area (Å²) in [6.07, 6.45) is -4.66. The van der Waals surface area contributed by atoms with Crippen LogP contribution < -0.4 is 10.6 Å². The van der Waals surface area contributed by atoms with Crippen molar-refractivity contribution < 1.29 is 32.3 Å². The summed E-state index contributed by atoms with van der Waals surface area (Å²) in [5, 5.41) is 14.6. The van der Waals surface area contributed by atoms with Crippen LogP contribution in [0.2, 0.25) is 0 Å². The Morgan fingerprint density at radius 3 is 2.43 bits per heavy atom. The predicted octanol–water partition coefficient (Wildman–Crippen LogP) is 4.12. The Hall–Kier alpha value is -3.78. The zero-order valence-electron chi connectivity index (χ0n) is 18.6. The lowest BCUT2D eigenvalue weighted by atomic mass is 9.78. The molecule has 7 nitrogen and oxygen atoms in total. The van der Waals surface area contributed by atoms with Crippen molar-refractivity contribution in [1.29, 1.82) is 5.26 Å². The molecule has 0 aromatic heterocycles. The molecule has 0 aliphatic carbocycles. The van der Waals surface area contributed by atoms with E-state index in [0.717, 1.165) is 36.6 Å². The Bertz CT molecular complexity index is 1220. The van der Waals surface area contributed by atoms with Gasteiger partial charge in [-0.1, -0.05) is 53.7 Å². The van der Waals surface area contributed by atoms with Crippen molar-refractivity contribution in [3.8, 4) is 6.07 Å². The molecule has 3 rings (SSSR count). The number of nitriles is 1. The number of benzene rings is 2. The average molecular weight is 504 g/mol. The van der Waals surface area contributed by atoms with Gasteiger partial charge in [0.1, 0.15) is 5.92 Å². The number of anilines is 1. The number of halogens is 3. The first-order valence-electron chi connectivity index (χ1n) is 10.2. The van der Waals surface area contributed by atoms with Crippen LogP contribution >= 0.6 is 11.8 Å². The molecule has 1 aliphatic rings. The number of nitrogens with one attached hydrogen (secondary N) is 2. The maximum atomic E-state index is 13.2. The molecule has 35 heavy (non-hydrogen) atoms. The number of hydrogen-bond acceptors (Lipinski definition) is 6. The number of para-hydroxylation sites is 1. The molecule has 2 aromatic rings. The van der Waals surface area contributed by atoms with Crippen LogP contribution in [0.1, 0.15) is 22.6 Å². The third-order valence-corrected chi connectivity index (χ3v) is 6.29. The first kappa shape index (κ1) is 25.8. The van der Waals surface area contributed by atoms with Gasteiger partial charge in [0.15, 0.2) is 0 Å². The smallest absolute Gasteiger partial charge is 0.418 e. The zero-order chi connectivity index (χ0) is 25.8. The van der Waals surface area contributed by atoms with E-state index in [2.05, 4.69) is 10.6 Å². The molecule has 1 heterocycles. The van der Waals surface area contributed by atoms with Gasteiger partial charge in [-0.15, -0.1) is 0 Å². The number of alkyl halides is 3. The van der Waals surface area contributed by atoms with Crippen LogP contribution in [0.25, 0.3) is 0 Å². The van der Waals surface area contributed by atoms with Gasteiger partial charge in [0.25, 0.3) is 0 Å². The van der Waals surface area contributed by atoms with E-state index in [4.69, 9.17) is 4.74 Å². The van der Waals surface area contributed by atoms with E-state index in [1.165, 1.54) is 12.1 Å². The number of amides is 2. The predicted molar refractivity (Wildman–Crippen MR) is 123 cm³/mol. The van der Waals surface area contributed by atoms with Gasteiger partial charge in [-0.25, -0.2) is 0 Å². The van der Waals surface area contributed by atoms with Crippen LogP contribution in [0.15, 0.2) is 59.1 Å². The highest BCUT2D eigenvalue weighted by Gasteiger charge is 2.44. The molecule has 0 radical (unpaired) electrons. The van der Waals surface area contributed by atoms with E-state index in [1.807, 2.05) is 13.0 Å². The average Bonchev–Trinajstić information content (AvgIpc) is 2.82. The second kappa shape index (κ2) is 10.7. The Kier molecular flexibility index (Phi) is 7.86. The highest BCUT2D eigenvalue weighted by atomic mass is 32.2. The summed E-state index contributed by atoms with van der Waals surface area (Å²) in [6, 6.07) is 13.5. The number of carbonyl (C=O) groups excluding carboxylic acids is 3. The quantitative estimate of drug-likeness (QED) is 0.454. The van der Waals surface area contributed by atoms with Crippen molar-refractivity contribution in [2.75, 3.05) is 18.2 Å². The van der Waals surface area contributed by atoms with E-state index < -0.39 is 52.8 Å². The minimum absolute atomic E-state index is 0.0392. The van der Waals surface area contributed by atoms with Crippen molar-refractivity contribution in [3.05, 3.63) is 75.8 Å². The fourth-order valence-electron chi connectivity index (χ4n) is 3.62. The summed E-state index contributed by atoms with van der Waals surface area (Å²) in [5.41, 5.74) is 0.0885. The van der Waals surface area contributed by atoms with Gasteiger partial charge < -0.3 is 15.4 Å². The Morgan fingerprint density at radius 1 is 1.17 bits per heavy atom. The zero-order valence-corrected chi connectivity index (χ0v) is 19.4. The van der Waals surface area contributed by atoms with Crippen LogP contribution in [0.3, 0.4) is 0 Å². The molecule has 2 N–H and O–H groups in total. The van der Waals surface area contributed by atoms with Gasteiger partial charge in [-0.2, -0.15) is 18.4 Å². The van der Waals surface area contributed by atoms with Crippen LogP contribution in [0.5, 0.6) is 0 Å². The lowest BCUT2D eigenvalue weighted by Crippen LogP contribution is -2.44. The van der Waals surface area contributed by atoms with Crippen LogP contribution in [0.4, 0.5) is 18.9 Å². The molecule has 0 saturated carbocycles. The van der Waals surface area contributed by atoms with Crippen LogP contribution in [-0.4, -0.2) is 30.6 Å². The summed E-state index contributed by atoms with van der Waals surface area (Å²) >= 11 is 0.777. The molecular formula is C24H20F3N3O4S. The van der Waals surface area contributed by atoms with E-state index in [0.29, 0.717) is 5.56 Å². The van der Waals surface area contributed by atoms with Gasteiger partial charge in [-0.05, 0) is 24.6 Å². The van der Waals surface area contributed by atoms with E-state index in [-0.39, 0.29) is 10.6 Å². The lowest BCUT2D eigenvalue weighted by molar-refractivity contribution is -0.150. The number of methoxy groups -OCH3 is 1.